The van der Waals surface area contributed by atoms with Gasteiger partial charge in [0.05, 0.1) is 23.1 Å². The second-order valence-electron chi connectivity index (χ2n) is 4.02. The maximum Gasteiger partial charge on any atom is 0.0669 e. The van der Waals surface area contributed by atoms with Crippen LogP contribution in [0.5, 0.6) is 0 Å². The molecule has 0 amide bonds. The van der Waals surface area contributed by atoms with Gasteiger partial charge in [-0.1, -0.05) is 58.3 Å². The molecular formula is C16H14BrN. The third kappa shape index (κ3) is 2.01. The molecule has 90 valence electrons. The second kappa shape index (κ2) is 4.69. The predicted octanol–water partition coefficient (Wildman–Crippen LogP) is 4.50. The van der Waals surface area contributed by atoms with Gasteiger partial charge in [-0.2, -0.15) is 0 Å². The van der Waals surface area contributed by atoms with Crippen LogP contribution in [0, 0.1) is 0 Å². The van der Waals surface area contributed by atoms with Crippen LogP contribution < -0.4 is 0 Å². The van der Waals surface area contributed by atoms with E-state index in [1.165, 1.54) is 0 Å². The van der Waals surface area contributed by atoms with E-state index in [9.17, 15) is 0 Å². The van der Waals surface area contributed by atoms with Crippen molar-refractivity contribution >= 4 is 27.3 Å². The first kappa shape index (κ1) is 6.67. The summed E-state index contributed by atoms with van der Waals surface area (Å²) in [5.74, 6) is 0. The van der Waals surface area contributed by atoms with Gasteiger partial charge in [-0.3, -0.25) is 4.99 Å². The summed E-state index contributed by atoms with van der Waals surface area (Å²) in [5.41, 5.74) is 1.76. The minimum atomic E-state index is -1.03. The highest BCUT2D eigenvalue weighted by Crippen LogP contribution is 2.30. The van der Waals surface area contributed by atoms with Gasteiger partial charge in [0.25, 0.3) is 0 Å². The Morgan fingerprint density at radius 2 is 2.11 bits per heavy atom. The van der Waals surface area contributed by atoms with Crippen molar-refractivity contribution in [1.82, 2.24) is 0 Å². The number of halogens is 1. The van der Waals surface area contributed by atoms with Gasteiger partial charge in [0.2, 0.25) is 0 Å². The van der Waals surface area contributed by atoms with E-state index in [0.717, 1.165) is 0 Å². The van der Waals surface area contributed by atoms with Crippen LogP contribution in [0.4, 0.5) is 5.69 Å². The highest BCUT2D eigenvalue weighted by atomic mass is 79.9. The minimum absolute atomic E-state index is 0.0814. The highest BCUT2D eigenvalue weighted by molar-refractivity contribution is 9.10. The van der Waals surface area contributed by atoms with Crippen molar-refractivity contribution in [2.75, 3.05) is 0 Å². The fourth-order valence-electron chi connectivity index (χ4n) is 1.92. The number of para-hydroxylation sites is 1. The van der Waals surface area contributed by atoms with Gasteiger partial charge >= 0.3 is 0 Å². The van der Waals surface area contributed by atoms with Gasteiger partial charge in [-0.15, -0.1) is 0 Å². The van der Waals surface area contributed by atoms with Crippen molar-refractivity contribution < 1.29 is 8.22 Å². The normalized spacial score (nSPS) is 23.9. The van der Waals surface area contributed by atoms with E-state index in [4.69, 9.17) is 8.22 Å². The third-order valence-corrected chi connectivity index (χ3v) is 3.18. The summed E-state index contributed by atoms with van der Waals surface area (Å²) < 4.78 is 48.8. The number of rotatable bonds is 1. The molecule has 0 saturated heterocycles. The molecule has 0 radical (unpaired) electrons. The summed E-state index contributed by atoms with van der Waals surface area (Å²) in [6.07, 6.45) is -1.03. The summed E-state index contributed by atoms with van der Waals surface area (Å²) in [6, 6.07) is 3.98. The Morgan fingerprint density at radius 3 is 2.94 bits per heavy atom. The zero-order chi connectivity index (χ0) is 17.8. The van der Waals surface area contributed by atoms with Gasteiger partial charge < -0.3 is 0 Å². The Labute approximate surface area is 124 Å². The van der Waals surface area contributed by atoms with E-state index in [1.54, 1.807) is 18.2 Å². The average molecular weight is 306 g/mol. The van der Waals surface area contributed by atoms with Crippen molar-refractivity contribution in [3.8, 4) is 0 Å². The first-order chi connectivity index (χ1) is 11.3. The molecular weight excluding hydrogens is 286 g/mol. The largest absolute Gasteiger partial charge is 0.251 e. The molecule has 2 aromatic carbocycles. The van der Waals surface area contributed by atoms with Crippen LogP contribution in [0.1, 0.15) is 31.8 Å². The predicted molar refractivity (Wildman–Crippen MR) is 80.3 cm³/mol. The smallest absolute Gasteiger partial charge is 0.0669 e. The first-order valence-corrected chi connectivity index (χ1v) is 6.52. The standard InChI is InChI=1S/C16H14BrN/c1-11(17)16-14-8-4-2-6-12(14)10-13-7-3-5-9-15(13)18-16/h2-9,11H,10H2,1H3/i3D,5D,7D,8D,9D,10D. The van der Waals surface area contributed by atoms with Crippen LogP contribution in [0.25, 0.3) is 0 Å². The molecule has 0 aromatic heterocycles. The SMILES string of the molecule is [2H]c1cccc2c1C(C(C)Br)=Nc1c([2H])c([2H])c([2H])c([2H])c1C2[2H]. The fourth-order valence-corrected chi connectivity index (χ4v) is 2.25. The van der Waals surface area contributed by atoms with Crippen molar-refractivity contribution in [2.24, 2.45) is 4.99 Å². The molecule has 0 bridgehead atoms. The van der Waals surface area contributed by atoms with E-state index < -0.39 is 6.40 Å². The van der Waals surface area contributed by atoms with Crippen LogP contribution in [0.2, 0.25) is 0 Å². The molecule has 3 rings (SSSR count). The van der Waals surface area contributed by atoms with E-state index in [2.05, 4.69) is 20.9 Å². The molecule has 0 spiro atoms. The number of aliphatic imine (C=N–C) groups is 1. The second-order valence-corrected chi connectivity index (χ2v) is 5.39. The molecule has 0 saturated carbocycles. The summed E-state index contributed by atoms with van der Waals surface area (Å²) in [6.45, 7) is 1.84. The zero-order valence-corrected chi connectivity index (χ0v) is 11.3. The first-order valence-electron chi connectivity index (χ1n) is 8.68. The van der Waals surface area contributed by atoms with Crippen LogP contribution in [-0.2, 0) is 6.40 Å². The monoisotopic (exact) mass is 305 g/mol. The van der Waals surface area contributed by atoms with Crippen LogP contribution in [0.3, 0.4) is 0 Å². The molecule has 1 aliphatic heterocycles. The molecule has 1 aliphatic rings. The lowest BCUT2D eigenvalue weighted by Gasteiger charge is -2.10. The molecule has 2 heteroatoms. The molecule has 2 atom stereocenters. The van der Waals surface area contributed by atoms with Crippen LogP contribution >= 0.6 is 15.9 Å². The number of fused-ring (bicyclic) bond motifs is 2. The fraction of sp³-hybridized carbons (Fsp3) is 0.188. The van der Waals surface area contributed by atoms with E-state index in [1.807, 2.05) is 6.92 Å². The Kier molecular flexibility index (Phi) is 1.74. The molecule has 2 unspecified atom stereocenters. The molecule has 18 heavy (non-hydrogen) atoms. The maximum atomic E-state index is 8.59. The van der Waals surface area contributed by atoms with Crippen molar-refractivity contribution in [2.45, 2.75) is 18.1 Å². The van der Waals surface area contributed by atoms with Gasteiger partial charge in [0, 0.05) is 13.3 Å². The molecule has 0 fully saturated rings. The van der Waals surface area contributed by atoms with Gasteiger partial charge in [0.15, 0.2) is 0 Å². The number of nitrogens with zero attached hydrogens (tertiary/aromatic N) is 1. The Bertz CT molecular complexity index is 878. The summed E-state index contributed by atoms with van der Waals surface area (Å²) in [5, 5.41) is 0. The average Bonchev–Trinajstić information content (AvgIpc) is 2.67. The van der Waals surface area contributed by atoms with Crippen molar-refractivity contribution in [3.63, 3.8) is 0 Å². The van der Waals surface area contributed by atoms with Crippen LogP contribution in [-0.4, -0.2) is 10.5 Å². The highest BCUT2D eigenvalue weighted by Gasteiger charge is 2.18. The number of benzene rings is 2. The van der Waals surface area contributed by atoms with Crippen LogP contribution in [0.15, 0.2) is 53.4 Å². The van der Waals surface area contributed by atoms with Gasteiger partial charge in [0.1, 0.15) is 0 Å². The Balaban J connectivity index is 2.49. The molecule has 0 aliphatic carbocycles. The maximum absolute atomic E-state index is 8.59. The molecule has 1 nitrogen and oxygen atoms in total. The minimum Gasteiger partial charge on any atom is -0.251 e. The Hall–Kier alpha value is -1.41. The Morgan fingerprint density at radius 1 is 1.28 bits per heavy atom. The lowest BCUT2D eigenvalue weighted by molar-refractivity contribution is 1.19. The lowest BCUT2D eigenvalue weighted by atomic mass is 9.97. The molecule has 1 heterocycles. The van der Waals surface area contributed by atoms with E-state index in [0.29, 0.717) is 16.8 Å². The number of hydrogen-bond donors (Lipinski definition) is 0. The third-order valence-electron chi connectivity index (χ3n) is 2.75. The van der Waals surface area contributed by atoms with Crippen molar-refractivity contribution in [3.05, 3.63) is 65.1 Å². The number of hydrogen-bond acceptors (Lipinski definition) is 1. The van der Waals surface area contributed by atoms with Crippen molar-refractivity contribution in [1.29, 1.82) is 0 Å². The summed E-state index contributed by atoms with van der Waals surface area (Å²) in [7, 11) is 0. The zero-order valence-electron chi connectivity index (χ0n) is 15.7. The quantitative estimate of drug-likeness (QED) is 0.688. The molecule has 2 aromatic rings. The topological polar surface area (TPSA) is 12.4 Å². The van der Waals surface area contributed by atoms with Gasteiger partial charge in [-0.25, -0.2) is 0 Å². The lowest BCUT2D eigenvalue weighted by Crippen LogP contribution is -2.12. The number of alkyl halides is 1. The molecule has 0 N–H and O–H groups in total. The van der Waals surface area contributed by atoms with E-state index >= 15 is 0 Å². The summed E-state index contributed by atoms with van der Waals surface area (Å²) >= 11 is 3.46. The summed E-state index contributed by atoms with van der Waals surface area (Å²) in [4.78, 5) is 4.24. The van der Waals surface area contributed by atoms with E-state index in [-0.39, 0.29) is 46.3 Å². The van der Waals surface area contributed by atoms with Gasteiger partial charge in [-0.05, 0) is 24.1 Å².